The first kappa shape index (κ1) is 63.1. The van der Waals surface area contributed by atoms with Crippen LogP contribution in [-0.2, 0) is 54.7 Å². The number of anilines is 1. The molecule has 2 saturated heterocycles. The fourth-order valence-electron chi connectivity index (χ4n) is 7.33. The number of quaternary nitrogens is 1. The van der Waals surface area contributed by atoms with Gasteiger partial charge in [0.25, 0.3) is 27.8 Å². The normalized spacial score (nSPS) is 17.1. The molecule has 3 aromatic carbocycles. The average molecular weight is 1190 g/mol. The van der Waals surface area contributed by atoms with E-state index in [-0.39, 0.29) is 49.2 Å². The van der Waals surface area contributed by atoms with E-state index in [0.29, 0.717) is 23.1 Å². The first-order chi connectivity index (χ1) is 35.5. The number of rotatable bonds is 15. The Bertz CT molecular complexity index is 3190. The molecule has 1 aromatic heterocycles. The number of hydrogen-bond donors (Lipinski definition) is 8. The summed E-state index contributed by atoms with van der Waals surface area (Å²) in [7, 11) is -13.5. The maximum atomic E-state index is 13.5. The van der Waals surface area contributed by atoms with E-state index in [1.165, 1.54) is 61.3 Å². The summed E-state index contributed by atoms with van der Waals surface area (Å²) in [5.74, 6) is -5.52. The number of aryl methyl sites for hydroxylation is 2. The lowest BCUT2D eigenvalue weighted by Gasteiger charge is -2.50. The molecule has 4 heterocycles. The summed E-state index contributed by atoms with van der Waals surface area (Å²) in [5, 5.41) is 48.8. The smallest absolute Gasteiger partial charge is 0.352 e. The second-order valence-corrected chi connectivity index (χ2v) is 23.4. The Hall–Kier alpha value is -6.46. The van der Waals surface area contributed by atoms with Crippen LogP contribution in [0.3, 0.4) is 0 Å². The van der Waals surface area contributed by atoms with Crippen molar-refractivity contribution in [1.82, 2.24) is 20.5 Å². The van der Waals surface area contributed by atoms with Gasteiger partial charge in [-0.3, -0.25) is 32.3 Å². The summed E-state index contributed by atoms with van der Waals surface area (Å²) >= 11 is 8.33. The molecule has 0 radical (unpaired) electrons. The lowest BCUT2D eigenvalue weighted by atomic mass is 10.0. The van der Waals surface area contributed by atoms with E-state index in [4.69, 9.17) is 44.2 Å². The van der Waals surface area contributed by atoms with E-state index in [1.54, 1.807) is 24.3 Å². The zero-order chi connectivity index (χ0) is 58.0. The average Bonchev–Trinajstić information content (AvgIpc) is 3.98. The van der Waals surface area contributed by atoms with Crippen LogP contribution in [0.1, 0.15) is 53.9 Å². The Balaban J connectivity index is 0.000000382. The Morgan fingerprint density at radius 1 is 0.922 bits per heavy atom. The summed E-state index contributed by atoms with van der Waals surface area (Å²) in [5.41, 5.74) is 5.77. The largest absolute Gasteiger partial charge is 0.759 e. The van der Waals surface area contributed by atoms with Crippen LogP contribution in [0.15, 0.2) is 92.3 Å². The van der Waals surface area contributed by atoms with Crippen LogP contribution in [0, 0.1) is 13.8 Å². The highest BCUT2D eigenvalue weighted by Crippen LogP contribution is 2.42. The molecule has 420 valence electrons. The Morgan fingerprint density at radius 3 is 1.95 bits per heavy atom. The molecule has 3 aliphatic rings. The second kappa shape index (κ2) is 25.8. The van der Waals surface area contributed by atoms with Crippen LogP contribution in [0.5, 0.6) is 11.5 Å². The highest BCUT2D eigenvalue weighted by atomic mass is 35.5. The number of phenolic OH excluding ortho intramolecular Hbond substituents is 2. The van der Waals surface area contributed by atoms with Crippen LogP contribution in [0.2, 0.25) is 5.02 Å². The Morgan fingerprint density at radius 2 is 1.47 bits per heavy atom. The van der Waals surface area contributed by atoms with Crippen LogP contribution in [0.25, 0.3) is 0 Å². The van der Waals surface area contributed by atoms with Gasteiger partial charge in [-0.25, -0.2) is 23.0 Å². The van der Waals surface area contributed by atoms with Crippen LogP contribution >= 0.6 is 34.7 Å². The van der Waals surface area contributed by atoms with Gasteiger partial charge in [-0.1, -0.05) is 52.1 Å². The number of carboxylic acid groups (broad SMARTS) is 2. The molecule has 2 atom stereocenters. The maximum absolute atomic E-state index is 13.5. The molecule has 33 heteroatoms. The molecule has 0 spiro atoms. The number of benzene rings is 3. The lowest BCUT2D eigenvalue weighted by Crippen LogP contribution is -2.71. The first-order valence-electron chi connectivity index (χ1n) is 22.0. The number of hydrogen-bond acceptors (Lipinski definition) is 22. The SMILES string of the molecule is CC(C)(O/N=C(\C(=O)N[C@@H]1C(=O)N2C(C(=O)O)=C(C[N+]3(CCNC(=O)c4ccc(O)c(O)c4Cl)CCCC3)CS[C@H]12)c1csc(N)n1)C(=O)O.Cc1ccc(S(=O)(=O)O)cc1.Cc1ccc(S(=O)(=O)[O-])cc1.O=S(=O)([O-])[O-]. The number of halogens is 1. The van der Waals surface area contributed by atoms with E-state index in [9.17, 15) is 65.8 Å². The van der Waals surface area contributed by atoms with E-state index in [1.807, 2.05) is 13.8 Å². The number of thiazole rings is 1. The lowest BCUT2D eigenvalue weighted by molar-refractivity contribution is -0.911. The van der Waals surface area contributed by atoms with Crippen molar-refractivity contribution in [2.24, 2.45) is 5.16 Å². The van der Waals surface area contributed by atoms with Crippen molar-refractivity contribution in [3.05, 3.63) is 105 Å². The number of fused-ring (bicyclic) bond motifs is 1. The Kier molecular flexibility index (Phi) is 21.1. The summed E-state index contributed by atoms with van der Waals surface area (Å²) < 4.78 is 95.3. The maximum Gasteiger partial charge on any atom is 0.352 e. The van der Waals surface area contributed by atoms with Gasteiger partial charge in [0.1, 0.15) is 39.5 Å². The third-order valence-corrected chi connectivity index (χ3v) is 15.4. The number of oxime groups is 1. The summed E-state index contributed by atoms with van der Waals surface area (Å²) in [6.07, 6.45) is 1.77. The molecule has 0 saturated carbocycles. The van der Waals surface area contributed by atoms with Crippen molar-refractivity contribution >= 4 is 106 Å². The number of carboxylic acids is 2. The molecule has 2 fully saturated rings. The molecule has 3 amide bonds. The number of thioether (sulfide) groups is 1. The van der Waals surface area contributed by atoms with Gasteiger partial charge in [0, 0.05) is 39.9 Å². The standard InChI is InChI=1S/C30H34ClN7O10S2.2C7H8O3S.H2O4S/c1-30(2,28(46)47)48-36-19(16-13-50-29(32)34-16)24(42)35-20-25(43)37-21(27(44)45)14(12-49-26(20)37)11-38(8-3-4-9-38)10-7-33-23(41)15-5-6-17(39)22(40)18(15)31;2*1-6-2-4-7(5-3-6)11(8,9)10;1-5(2,3)4/h5-6,13,20,26H,3-4,7-12H2,1-2H3,(H7-,32,33,34,35,36,39,40,41,42,44,45,46,47);2*2-5H,1H3,(H,8,9,10);(H2,1,2,3,4)/p-2/t20-,26-;;;/m1.../s1. The number of aliphatic carboxylic acids is 2. The molecule has 0 aliphatic carbocycles. The number of β-lactam (4-membered cyclic amide) rings is 1. The predicted molar refractivity (Wildman–Crippen MR) is 272 cm³/mol. The molecule has 0 bridgehead atoms. The van der Waals surface area contributed by atoms with E-state index in [2.05, 4.69) is 20.8 Å². The number of phenols is 2. The molecule has 7 rings (SSSR count). The summed E-state index contributed by atoms with van der Waals surface area (Å²) in [6.45, 7) is 8.55. The molecular formula is C44H50ClN7O20S5-2. The van der Waals surface area contributed by atoms with Gasteiger partial charge < -0.3 is 59.8 Å². The highest BCUT2D eigenvalue weighted by molar-refractivity contribution is 8.00. The van der Waals surface area contributed by atoms with Crippen molar-refractivity contribution in [3.63, 3.8) is 0 Å². The molecular weight excluding hydrogens is 1140 g/mol. The predicted octanol–water partition coefficient (Wildman–Crippen LogP) is 1.96. The van der Waals surface area contributed by atoms with Gasteiger partial charge in [0.2, 0.25) is 5.60 Å². The van der Waals surface area contributed by atoms with Crippen molar-refractivity contribution in [1.29, 1.82) is 0 Å². The first-order valence-corrected chi connectivity index (χ1v) is 28.5. The number of likely N-dealkylation sites (tertiary alicyclic amines) is 1. The molecule has 0 unspecified atom stereocenters. The van der Waals surface area contributed by atoms with Crippen LogP contribution < -0.4 is 16.4 Å². The number of carbonyl (C=O) groups excluding carboxylic acids is 3. The zero-order valence-corrected chi connectivity index (χ0v) is 45.6. The topological polar surface area (TPSA) is 446 Å². The number of aromatic nitrogens is 1. The minimum absolute atomic E-state index is 0.000322. The fraction of sp³-hybridized carbons (Fsp3) is 0.341. The van der Waals surface area contributed by atoms with Crippen molar-refractivity contribution in [2.45, 2.75) is 67.3 Å². The van der Waals surface area contributed by atoms with Gasteiger partial charge in [0.05, 0.1) is 46.6 Å². The third-order valence-electron chi connectivity index (χ3n) is 11.3. The van der Waals surface area contributed by atoms with Crippen molar-refractivity contribution in [2.75, 3.05) is 44.2 Å². The fourth-order valence-corrected chi connectivity index (χ4v) is 10.4. The van der Waals surface area contributed by atoms with Gasteiger partial charge in [0.15, 0.2) is 22.3 Å². The minimum Gasteiger partial charge on any atom is -0.759 e. The summed E-state index contributed by atoms with van der Waals surface area (Å²) in [4.78, 5) is 73.8. The highest BCUT2D eigenvalue weighted by Gasteiger charge is 2.55. The quantitative estimate of drug-likeness (QED) is 0.0160. The number of nitrogens with zero attached hydrogens (tertiary/aromatic N) is 4. The third kappa shape index (κ3) is 17.8. The van der Waals surface area contributed by atoms with Gasteiger partial charge in [-0.05, 0) is 64.1 Å². The number of nitrogen functional groups attached to an aromatic ring is 1. The molecule has 3 aliphatic heterocycles. The number of carbonyl (C=O) groups is 5. The van der Waals surface area contributed by atoms with Gasteiger partial charge in [-0.2, -0.15) is 8.42 Å². The molecule has 27 nitrogen and oxygen atoms in total. The van der Waals surface area contributed by atoms with Crippen LogP contribution in [-0.4, -0.2) is 169 Å². The second-order valence-electron chi connectivity index (χ2n) is 17.4. The van der Waals surface area contributed by atoms with Crippen LogP contribution in [0.4, 0.5) is 5.13 Å². The van der Waals surface area contributed by atoms with Gasteiger partial charge in [-0.15, -0.1) is 23.1 Å². The van der Waals surface area contributed by atoms with Crippen molar-refractivity contribution < 1.29 is 97.2 Å². The van der Waals surface area contributed by atoms with E-state index in [0.717, 1.165) is 59.4 Å². The van der Waals surface area contributed by atoms with Crippen molar-refractivity contribution in [3.8, 4) is 11.5 Å². The number of amides is 3. The van der Waals surface area contributed by atoms with E-state index >= 15 is 0 Å². The molecule has 77 heavy (non-hydrogen) atoms. The number of nitrogens with two attached hydrogens (primary N) is 1. The monoisotopic (exact) mass is 1190 g/mol. The van der Waals surface area contributed by atoms with E-state index < -0.39 is 94.5 Å². The number of nitrogens with one attached hydrogen (secondary N) is 2. The Labute approximate surface area is 454 Å². The summed E-state index contributed by atoms with van der Waals surface area (Å²) in [6, 6.07) is 13.1. The zero-order valence-electron chi connectivity index (χ0n) is 40.8. The minimum atomic E-state index is -5.17. The molecule has 4 aromatic rings. The molecule has 9 N–H and O–H groups in total. The van der Waals surface area contributed by atoms with Gasteiger partial charge >= 0.3 is 11.9 Å². The number of aromatic hydroxyl groups is 2.